The maximum atomic E-state index is 5.88. The third kappa shape index (κ3) is 3.17. The summed E-state index contributed by atoms with van der Waals surface area (Å²) in [4.78, 5) is 15.3. The second-order valence-electron chi connectivity index (χ2n) is 5.68. The van der Waals surface area contributed by atoms with Gasteiger partial charge in [0.25, 0.3) is 0 Å². The number of methoxy groups -OCH3 is 2. The second-order valence-corrected chi connectivity index (χ2v) is 6.69. The Kier molecular flexibility index (Phi) is 4.27. The number of hydrogen-bond acceptors (Lipinski definition) is 8. The van der Waals surface area contributed by atoms with Crippen LogP contribution in [0.1, 0.15) is 6.42 Å². The van der Waals surface area contributed by atoms with Gasteiger partial charge in [-0.3, -0.25) is 0 Å². The molecule has 1 aliphatic heterocycles. The fourth-order valence-electron chi connectivity index (χ4n) is 2.83. The van der Waals surface area contributed by atoms with E-state index in [1.54, 1.807) is 38.0 Å². The number of rotatable bonds is 5. The Hall–Kier alpha value is -2.61. The van der Waals surface area contributed by atoms with E-state index in [2.05, 4.69) is 20.9 Å². The number of ether oxygens (including phenoxy) is 3. The molecule has 7 nitrogen and oxygen atoms in total. The number of fused-ring (bicyclic) bond motifs is 1. The predicted octanol–water partition coefficient (Wildman–Crippen LogP) is 2.76. The average molecular weight is 358 g/mol. The van der Waals surface area contributed by atoms with Gasteiger partial charge in [-0.15, -0.1) is 0 Å². The molecule has 1 unspecified atom stereocenters. The zero-order chi connectivity index (χ0) is 17.2. The highest BCUT2D eigenvalue weighted by Gasteiger charge is 2.27. The molecule has 25 heavy (non-hydrogen) atoms. The summed E-state index contributed by atoms with van der Waals surface area (Å²) in [5.74, 6) is 1.42. The van der Waals surface area contributed by atoms with Crippen molar-refractivity contribution in [2.75, 3.05) is 32.2 Å². The van der Waals surface area contributed by atoms with Crippen molar-refractivity contribution in [3.63, 3.8) is 0 Å². The molecular formula is C17H18N4O3S. The van der Waals surface area contributed by atoms with Gasteiger partial charge in [-0.05, 0) is 12.1 Å². The standard InChI is InChI=1S/C17H18N4O3S/c1-22-12-8-18-16(19-9-12)24-11-6-7-21(10-11)17-20-15-13(23-2)4-3-5-14(15)25-17/h3-5,8-9,11H,6-7,10H2,1-2H3. The number of hydrogen-bond donors (Lipinski definition) is 0. The Morgan fingerprint density at radius 1 is 1.16 bits per heavy atom. The predicted molar refractivity (Wildman–Crippen MR) is 96.0 cm³/mol. The molecule has 0 saturated carbocycles. The molecule has 0 amide bonds. The van der Waals surface area contributed by atoms with E-state index >= 15 is 0 Å². The van der Waals surface area contributed by atoms with Gasteiger partial charge in [0.05, 0.1) is 37.9 Å². The van der Waals surface area contributed by atoms with Crippen molar-refractivity contribution in [3.05, 3.63) is 30.6 Å². The summed E-state index contributed by atoms with van der Waals surface area (Å²) in [6, 6.07) is 6.36. The highest BCUT2D eigenvalue weighted by molar-refractivity contribution is 7.22. The molecular weight excluding hydrogens is 340 g/mol. The van der Waals surface area contributed by atoms with Crippen molar-refractivity contribution in [1.29, 1.82) is 0 Å². The van der Waals surface area contributed by atoms with Crippen LogP contribution in [0.3, 0.4) is 0 Å². The summed E-state index contributed by atoms with van der Waals surface area (Å²) in [6.07, 6.45) is 4.16. The van der Waals surface area contributed by atoms with E-state index in [9.17, 15) is 0 Å². The monoisotopic (exact) mass is 358 g/mol. The number of nitrogens with zero attached hydrogens (tertiary/aromatic N) is 4. The van der Waals surface area contributed by atoms with Gasteiger partial charge in [-0.25, -0.2) is 4.98 Å². The van der Waals surface area contributed by atoms with E-state index in [-0.39, 0.29) is 6.10 Å². The Morgan fingerprint density at radius 3 is 2.76 bits per heavy atom. The molecule has 0 bridgehead atoms. The topological polar surface area (TPSA) is 69.6 Å². The van der Waals surface area contributed by atoms with Crippen LogP contribution in [0.4, 0.5) is 5.13 Å². The Morgan fingerprint density at radius 2 is 2.00 bits per heavy atom. The molecule has 1 saturated heterocycles. The molecule has 3 heterocycles. The van der Waals surface area contributed by atoms with Crippen LogP contribution in [0.25, 0.3) is 10.2 Å². The minimum atomic E-state index is 0.0438. The SMILES string of the molecule is COc1cnc(OC2CCN(c3nc4c(OC)cccc4s3)C2)nc1. The van der Waals surface area contributed by atoms with E-state index in [1.807, 2.05) is 12.1 Å². The number of benzene rings is 1. The zero-order valence-electron chi connectivity index (χ0n) is 14.0. The van der Waals surface area contributed by atoms with Gasteiger partial charge in [-0.1, -0.05) is 17.4 Å². The lowest BCUT2D eigenvalue weighted by molar-refractivity contribution is 0.205. The molecule has 0 radical (unpaired) electrons. The van der Waals surface area contributed by atoms with Gasteiger partial charge in [0.2, 0.25) is 0 Å². The smallest absolute Gasteiger partial charge is 0.316 e. The van der Waals surface area contributed by atoms with Crippen molar-refractivity contribution in [1.82, 2.24) is 15.0 Å². The third-order valence-electron chi connectivity index (χ3n) is 4.12. The van der Waals surface area contributed by atoms with Crippen LogP contribution in [0.15, 0.2) is 30.6 Å². The quantitative estimate of drug-likeness (QED) is 0.694. The second kappa shape index (κ2) is 6.72. The lowest BCUT2D eigenvalue weighted by Crippen LogP contribution is -2.24. The minimum Gasteiger partial charge on any atom is -0.494 e. The summed E-state index contributed by atoms with van der Waals surface area (Å²) < 4.78 is 17.5. The molecule has 0 aliphatic carbocycles. The summed E-state index contributed by atoms with van der Waals surface area (Å²) in [5.41, 5.74) is 0.910. The van der Waals surface area contributed by atoms with E-state index in [1.165, 1.54) is 0 Å². The summed E-state index contributed by atoms with van der Waals surface area (Å²) >= 11 is 1.67. The largest absolute Gasteiger partial charge is 0.494 e. The Labute approximate surface area is 149 Å². The maximum Gasteiger partial charge on any atom is 0.316 e. The lowest BCUT2D eigenvalue weighted by atomic mass is 10.3. The molecule has 3 aromatic rings. The molecule has 8 heteroatoms. The third-order valence-corrected chi connectivity index (χ3v) is 5.20. The minimum absolute atomic E-state index is 0.0438. The summed E-state index contributed by atoms with van der Waals surface area (Å²) in [7, 11) is 3.25. The van der Waals surface area contributed by atoms with Crippen LogP contribution < -0.4 is 19.1 Å². The van der Waals surface area contributed by atoms with Crippen molar-refractivity contribution >= 4 is 26.7 Å². The molecule has 0 spiro atoms. The molecule has 1 fully saturated rings. The highest BCUT2D eigenvalue weighted by Crippen LogP contribution is 2.35. The van der Waals surface area contributed by atoms with E-state index < -0.39 is 0 Å². The van der Waals surface area contributed by atoms with Gasteiger partial charge in [-0.2, -0.15) is 9.97 Å². The van der Waals surface area contributed by atoms with Crippen LogP contribution in [-0.2, 0) is 0 Å². The van der Waals surface area contributed by atoms with Crippen molar-refractivity contribution in [2.45, 2.75) is 12.5 Å². The molecule has 1 aliphatic rings. The van der Waals surface area contributed by atoms with Crippen molar-refractivity contribution < 1.29 is 14.2 Å². The van der Waals surface area contributed by atoms with Gasteiger partial charge in [0.15, 0.2) is 10.9 Å². The first-order valence-corrected chi connectivity index (χ1v) is 8.79. The van der Waals surface area contributed by atoms with Crippen LogP contribution in [0, 0.1) is 0 Å². The molecule has 0 N–H and O–H groups in total. The average Bonchev–Trinajstić information content (AvgIpc) is 3.28. The summed E-state index contributed by atoms with van der Waals surface area (Å²) in [6.45, 7) is 1.65. The number of thiazole rings is 1. The van der Waals surface area contributed by atoms with Crippen LogP contribution >= 0.6 is 11.3 Å². The number of anilines is 1. The fraction of sp³-hybridized carbons (Fsp3) is 0.353. The first-order chi connectivity index (χ1) is 12.3. The molecule has 1 atom stereocenters. The van der Waals surface area contributed by atoms with Crippen LogP contribution in [0.5, 0.6) is 17.5 Å². The zero-order valence-corrected chi connectivity index (χ0v) is 14.8. The van der Waals surface area contributed by atoms with Gasteiger partial charge >= 0.3 is 6.01 Å². The number of aromatic nitrogens is 3. The Bertz CT molecular complexity index is 868. The van der Waals surface area contributed by atoms with Crippen LogP contribution in [-0.4, -0.2) is 48.4 Å². The molecule has 4 rings (SSSR count). The van der Waals surface area contributed by atoms with Gasteiger partial charge < -0.3 is 19.1 Å². The first-order valence-electron chi connectivity index (χ1n) is 7.98. The Balaban J connectivity index is 1.46. The van der Waals surface area contributed by atoms with Crippen molar-refractivity contribution in [2.24, 2.45) is 0 Å². The summed E-state index contributed by atoms with van der Waals surface area (Å²) in [5, 5.41) is 0.987. The number of para-hydroxylation sites is 1. The van der Waals surface area contributed by atoms with Crippen LogP contribution in [0.2, 0.25) is 0 Å². The van der Waals surface area contributed by atoms with E-state index in [4.69, 9.17) is 19.2 Å². The first kappa shape index (κ1) is 15.9. The van der Waals surface area contributed by atoms with Crippen molar-refractivity contribution in [3.8, 4) is 17.5 Å². The van der Waals surface area contributed by atoms with E-state index in [0.29, 0.717) is 11.8 Å². The molecule has 1 aromatic carbocycles. The fourth-order valence-corrected chi connectivity index (χ4v) is 3.85. The highest BCUT2D eigenvalue weighted by atomic mass is 32.1. The lowest BCUT2D eigenvalue weighted by Gasteiger charge is -2.15. The van der Waals surface area contributed by atoms with Gasteiger partial charge in [0, 0.05) is 13.0 Å². The van der Waals surface area contributed by atoms with Gasteiger partial charge in [0.1, 0.15) is 17.4 Å². The van der Waals surface area contributed by atoms with E-state index in [0.717, 1.165) is 40.6 Å². The normalized spacial score (nSPS) is 17.0. The maximum absolute atomic E-state index is 5.88. The molecule has 2 aromatic heterocycles. The molecule has 130 valence electrons.